The van der Waals surface area contributed by atoms with E-state index in [1.807, 2.05) is 30.3 Å². The van der Waals surface area contributed by atoms with E-state index in [2.05, 4.69) is 15.9 Å². The second-order valence-corrected chi connectivity index (χ2v) is 7.01. The van der Waals surface area contributed by atoms with Gasteiger partial charge in [-0.15, -0.1) is 11.6 Å². The van der Waals surface area contributed by atoms with Crippen molar-refractivity contribution in [2.24, 2.45) is 0 Å². The number of carbonyl (C=O) groups is 2. The van der Waals surface area contributed by atoms with Gasteiger partial charge in [0, 0.05) is 47.2 Å². The Bertz CT molecular complexity index is 961. The number of alkyl halides is 1. The zero-order chi connectivity index (χ0) is 18.1. The molecule has 0 aliphatic carbocycles. The number of amides is 1. The first kappa shape index (κ1) is 17.7. The van der Waals surface area contributed by atoms with Crippen LogP contribution in [0.25, 0.3) is 10.9 Å². The lowest BCUT2D eigenvalue weighted by Gasteiger charge is -2.11. The first-order chi connectivity index (χ1) is 11.9. The summed E-state index contributed by atoms with van der Waals surface area (Å²) in [6.45, 7) is 0. The Balaban J connectivity index is 2.18. The normalized spacial score (nSPS) is 10.9. The largest absolute Gasteiger partial charge is 0.330 e. The summed E-state index contributed by atoms with van der Waals surface area (Å²) in [5, 5.41) is 0.726. The SMILES string of the molecule is CN(C)C(=O)n1cc(C(=O)c2ccc(CCl)cc2)c2c(Br)cccc21. The molecule has 1 heterocycles. The van der Waals surface area contributed by atoms with E-state index in [9.17, 15) is 9.59 Å². The predicted molar refractivity (Wildman–Crippen MR) is 104 cm³/mol. The van der Waals surface area contributed by atoms with Crippen molar-refractivity contribution in [3.63, 3.8) is 0 Å². The van der Waals surface area contributed by atoms with Crippen LogP contribution >= 0.6 is 27.5 Å². The Kier molecular flexibility index (Phi) is 4.97. The summed E-state index contributed by atoms with van der Waals surface area (Å²) in [6, 6.07) is 12.5. The predicted octanol–water partition coefficient (Wildman–Crippen LogP) is 4.90. The van der Waals surface area contributed by atoms with E-state index in [-0.39, 0.29) is 11.8 Å². The van der Waals surface area contributed by atoms with Crippen molar-refractivity contribution in [3.8, 4) is 0 Å². The average Bonchev–Trinajstić information content (AvgIpc) is 3.01. The van der Waals surface area contributed by atoms with Crippen molar-refractivity contribution in [1.82, 2.24) is 9.47 Å². The Morgan fingerprint density at radius 3 is 2.40 bits per heavy atom. The highest BCUT2D eigenvalue weighted by atomic mass is 79.9. The van der Waals surface area contributed by atoms with Crippen molar-refractivity contribution >= 4 is 50.2 Å². The molecule has 4 nitrogen and oxygen atoms in total. The number of benzene rings is 2. The third-order valence-corrected chi connectivity index (χ3v) is 4.95. The van der Waals surface area contributed by atoms with Crippen molar-refractivity contribution in [1.29, 1.82) is 0 Å². The minimum atomic E-state index is -0.209. The molecule has 0 aliphatic heterocycles. The molecule has 0 N–H and O–H groups in total. The molecule has 0 bridgehead atoms. The van der Waals surface area contributed by atoms with E-state index in [1.54, 1.807) is 32.4 Å². The van der Waals surface area contributed by atoms with Gasteiger partial charge in [0.1, 0.15) is 0 Å². The van der Waals surface area contributed by atoms with Crippen molar-refractivity contribution < 1.29 is 9.59 Å². The van der Waals surface area contributed by atoms with Gasteiger partial charge in [-0.05, 0) is 17.7 Å². The topological polar surface area (TPSA) is 42.3 Å². The van der Waals surface area contributed by atoms with Crippen LogP contribution in [-0.4, -0.2) is 35.4 Å². The molecule has 6 heteroatoms. The smallest absolute Gasteiger partial charge is 0.328 e. The van der Waals surface area contributed by atoms with Crippen LogP contribution < -0.4 is 0 Å². The molecule has 2 aromatic carbocycles. The molecule has 0 aliphatic rings. The molecule has 0 fully saturated rings. The van der Waals surface area contributed by atoms with Crippen LogP contribution in [0, 0.1) is 0 Å². The number of carbonyl (C=O) groups excluding carboxylic acids is 2. The second-order valence-electron chi connectivity index (χ2n) is 5.88. The molecule has 0 saturated carbocycles. The van der Waals surface area contributed by atoms with E-state index >= 15 is 0 Å². The van der Waals surface area contributed by atoms with Crippen LogP contribution in [0.3, 0.4) is 0 Å². The number of nitrogens with zero attached hydrogens (tertiary/aromatic N) is 2. The lowest BCUT2D eigenvalue weighted by Crippen LogP contribution is -2.26. The first-order valence-corrected chi connectivity index (χ1v) is 8.97. The van der Waals surface area contributed by atoms with E-state index < -0.39 is 0 Å². The summed E-state index contributed by atoms with van der Waals surface area (Å²) in [6.07, 6.45) is 1.61. The highest BCUT2D eigenvalue weighted by Crippen LogP contribution is 2.31. The number of rotatable bonds is 3. The van der Waals surface area contributed by atoms with Crippen LogP contribution in [0.4, 0.5) is 4.79 Å². The maximum absolute atomic E-state index is 13.0. The van der Waals surface area contributed by atoms with Gasteiger partial charge in [-0.3, -0.25) is 9.36 Å². The van der Waals surface area contributed by atoms with Crippen LogP contribution in [-0.2, 0) is 5.88 Å². The van der Waals surface area contributed by atoms with Gasteiger partial charge in [-0.25, -0.2) is 4.79 Å². The Hall–Kier alpha value is -2.11. The zero-order valence-corrected chi connectivity index (χ0v) is 16.1. The molecule has 0 unspecified atom stereocenters. The molecule has 128 valence electrons. The van der Waals surface area contributed by atoms with Gasteiger partial charge in [0.2, 0.25) is 0 Å². The standard InChI is InChI=1S/C19H16BrClN2O2/c1-22(2)19(25)23-11-14(17-15(20)4-3-5-16(17)23)18(24)13-8-6-12(10-21)7-9-13/h3-9,11H,10H2,1-2H3. The van der Waals surface area contributed by atoms with Gasteiger partial charge in [0.25, 0.3) is 0 Å². The van der Waals surface area contributed by atoms with Crippen molar-refractivity contribution in [2.75, 3.05) is 14.1 Å². The second kappa shape index (κ2) is 7.02. The van der Waals surface area contributed by atoms with E-state index in [0.29, 0.717) is 22.5 Å². The fourth-order valence-corrected chi connectivity index (χ4v) is 3.44. The van der Waals surface area contributed by atoms with E-state index in [4.69, 9.17) is 11.6 Å². The number of aromatic nitrogens is 1. The molecule has 25 heavy (non-hydrogen) atoms. The number of fused-ring (bicyclic) bond motifs is 1. The van der Waals surface area contributed by atoms with Gasteiger partial charge in [-0.2, -0.15) is 0 Å². The summed E-state index contributed by atoms with van der Waals surface area (Å²) in [5.74, 6) is 0.264. The molecule has 3 aromatic rings. The summed E-state index contributed by atoms with van der Waals surface area (Å²) >= 11 is 9.31. The summed E-state index contributed by atoms with van der Waals surface area (Å²) in [5.41, 5.74) is 2.68. The molecular weight excluding hydrogens is 404 g/mol. The number of halogens is 2. The Labute approximate surface area is 159 Å². The summed E-state index contributed by atoms with van der Waals surface area (Å²) < 4.78 is 2.27. The lowest BCUT2D eigenvalue weighted by molar-refractivity contribution is 0.104. The van der Waals surface area contributed by atoms with Crippen LogP contribution in [0.15, 0.2) is 53.1 Å². The summed E-state index contributed by atoms with van der Waals surface area (Å²) in [4.78, 5) is 27.0. The fraction of sp³-hybridized carbons (Fsp3) is 0.158. The third kappa shape index (κ3) is 3.22. The van der Waals surface area contributed by atoms with E-state index in [1.165, 1.54) is 9.47 Å². The summed E-state index contributed by atoms with van der Waals surface area (Å²) in [7, 11) is 3.36. The monoisotopic (exact) mass is 418 g/mol. The number of hydrogen-bond acceptors (Lipinski definition) is 2. The highest BCUT2D eigenvalue weighted by molar-refractivity contribution is 9.10. The Morgan fingerprint density at radius 2 is 1.80 bits per heavy atom. The maximum Gasteiger partial charge on any atom is 0.328 e. The van der Waals surface area contributed by atoms with Crippen molar-refractivity contribution in [2.45, 2.75) is 5.88 Å². The molecule has 1 amide bonds. The molecule has 1 aromatic heterocycles. The maximum atomic E-state index is 13.0. The fourth-order valence-electron chi connectivity index (χ4n) is 2.69. The van der Waals surface area contributed by atoms with Crippen LogP contribution in [0.5, 0.6) is 0 Å². The first-order valence-electron chi connectivity index (χ1n) is 7.65. The molecular formula is C19H16BrClN2O2. The van der Waals surface area contributed by atoms with Gasteiger partial charge in [0.05, 0.1) is 5.52 Å². The molecule has 0 spiro atoms. The molecule has 3 rings (SSSR count). The minimum absolute atomic E-state index is 0.136. The lowest BCUT2D eigenvalue weighted by atomic mass is 10.0. The number of ketones is 1. The van der Waals surface area contributed by atoms with E-state index in [0.717, 1.165) is 15.4 Å². The third-order valence-electron chi connectivity index (χ3n) is 3.98. The highest BCUT2D eigenvalue weighted by Gasteiger charge is 2.21. The quantitative estimate of drug-likeness (QED) is 0.447. The van der Waals surface area contributed by atoms with Gasteiger partial charge < -0.3 is 4.90 Å². The van der Waals surface area contributed by atoms with Gasteiger partial charge in [-0.1, -0.05) is 46.3 Å². The van der Waals surface area contributed by atoms with Crippen LogP contribution in [0.1, 0.15) is 21.5 Å². The van der Waals surface area contributed by atoms with Gasteiger partial charge in [0.15, 0.2) is 5.78 Å². The molecule has 0 atom stereocenters. The number of hydrogen-bond donors (Lipinski definition) is 0. The van der Waals surface area contributed by atoms with Crippen molar-refractivity contribution in [3.05, 3.63) is 69.8 Å². The van der Waals surface area contributed by atoms with Crippen LogP contribution in [0.2, 0.25) is 0 Å². The van der Waals surface area contributed by atoms with Gasteiger partial charge >= 0.3 is 6.03 Å². The molecule has 0 saturated heterocycles. The molecule has 0 radical (unpaired) electrons. The zero-order valence-electron chi connectivity index (χ0n) is 13.8. The minimum Gasteiger partial charge on any atom is -0.330 e. The Morgan fingerprint density at radius 1 is 1.12 bits per heavy atom. The average molecular weight is 420 g/mol.